The maximum atomic E-state index is 12.3. The number of rotatable bonds is 4. The van der Waals surface area contributed by atoms with Crippen LogP contribution in [0.3, 0.4) is 0 Å². The molecular weight excluding hydrogens is 282 g/mol. The zero-order chi connectivity index (χ0) is 15.4. The van der Waals surface area contributed by atoms with Crippen LogP contribution in [0, 0.1) is 19.8 Å². The standard InChI is InChI=1S/C16H25N3OS/c1-11-5-7-14(8-6-11)19(4)15(20)10-21-16-17-12(2)9-13(3)18-16/h9,11,14H,5-8,10H2,1-4H3. The van der Waals surface area contributed by atoms with Crippen molar-refractivity contribution >= 4 is 17.7 Å². The molecule has 0 radical (unpaired) electrons. The van der Waals surface area contributed by atoms with Gasteiger partial charge < -0.3 is 4.90 Å². The lowest BCUT2D eigenvalue weighted by Gasteiger charge is -2.33. The Hall–Kier alpha value is -1.10. The highest BCUT2D eigenvalue weighted by molar-refractivity contribution is 7.99. The van der Waals surface area contributed by atoms with Gasteiger partial charge in [0.15, 0.2) is 5.16 Å². The highest BCUT2D eigenvalue weighted by atomic mass is 32.2. The SMILES string of the molecule is Cc1cc(C)nc(SCC(=O)N(C)C2CCC(C)CC2)n1. The molecule has 0 unspecified atom stereocenters. The van der Waals surface area contributed by atoms with Gasteiger partial charge in [-0.05, 0) is 51.5 Å². The van der Waals surface area contributed by atoms with Crippen LogP contribution in [0.5, 0.6) is 0 Å². The Kier molecular flexibility index (Phi) is 5.62. The molecule has 2 rings (SSSR count). The normalized spacial score (nSPS) is 22.1. The molecule has 116 valence electrons. The summed E-state index contributed by atoms with van der Waals surface area (Å²) < 4.78 is 0. The number of hydrogen-bond acceptors (Lipinski definition) is 4. The van der Waals surface area contributed by atoms with Crippen LogP contribution in [0.1, 0.15) is 44.0 Å². The van der Waals surface area contributed by atoms with Gasteiger partial charge in [-0.3, -0.25) is 4.79 Å². The molecule has 1 fully saturated rings. The second-order valence-corrected chi connectivity index (χ2v) is 7.08. The Morgan fingerprint density at radius 1 is 1.24 bits per heavy atom. The third-order valence-electron chi connectivity index (χ3n) is 4.21. The van der Waals surface area contributed by atoms with E-state index in [0.29, 0.717) is 17.0 Å². The van der Waals surface area contributed by atoms with Gasteiger partial charge in [0.05, 0.1) is 5.75 Å². The molecule has 0 aliphatic heterocycles. The minimum atomic E-state index is 0.183. The molecule has 1 aliphatic carbocycles. The summed E-state index contributed by atoms with van der Waals surface area (Å²) >= 11 is 1.44. The molecule has 0 saturated heterocycles. The molecule has 0 spiro atoms. The molecule has 0 atom stereocenters. The predicted molar refractivity (Wildman–Crippen MR) is 86.4 cm³/mol. The van der Waals surface area contributed by atoms with E-state index in [4.69, 9.17) is 0 Å². The second-order valence-electron chi connectivity index (χ2n) is 6.14. The maximum absolute atomic E-state index is 12.3. The van der Waals surface area contributed by atoms with Crippen molar-refractivity contribution in [2.75, 3.05) is 12.8 Å². The van der Waals surface area contributed by atoms with E-state index in [1.165, 1.54) is 24.6 Å². The van der Waals surface area contributed by atoms with E-state index < -0.39 is 0 Å². The van der Waals surface area contributed by atoms with Crippen molar-refractivity contribution in [3.05, 3.63) is 17.5 Å². The molecule has 1 amide bonds. The number of amides is 1. The van der Waals surface area contributed by atoms with Crippen LogP contribution < -0.4 is 0 Å². The Balaban J connectivity index is 1.86. The molecule has 5 heteroatoms. The van der Waals surface area contributed by atoms with Crippen molar-refractivity contribution in [1.82, 2.24) is 14.9 Å². The number of aryl methyl sites for hydroxylation is 2. The van der Waals surface area contributed by atoms with Crippen molar-refractivity contribution in [2.45, 2.75) is 57.7 Å². The number of hydrogen-bond donors (Lipinski definition) is 0. The van der Waals surface area contributed by atoms with Gasteiger partial charge >= 0.3 is 0 Å². The molecule has 0 aromatic carbocycles. The molecule has 0 bridgehead atoms. The van der Waals surface area contributed by atoms with Gasteiger partial charge in [-0.15, -0.1) is 0 Å². The third-order valence-corrected chi connectivity index (χ3v) is 5.05. The van der Waals surface area contributed by atoms with E-state index in [-0.39, 0.29) is 5.91 Å². The van der Waals surface area contributed by atoms with Crippen molar-refractivity contribution in [3.63, 3.8) is 0 Å². The maximum Gasteiger partial charge on any atom is 0.233 e. The van der Waals surface area contributed by atoms with Gasteiger partial charge in [0, 0.05) is 24.5 Å². The van der Waals surface area contributed by atoms with Crippen LogP contribution in [-0.2, 0) is 4.79 Å². The van der Waals surface area contributed by atoms with E-state index in [9.17, 15) is 4.79 Å². The highest BCUT2D eigenvalue weighted by Gasteiger charge is 2.24. The average molecular weight is 307 g/mol. The fourth-order valence-corrected chi connectivity index (χ4v) is 3.69. The Bertz CT molecular complexity index is 478. The van der Waals surface area contributed by atoms with Crippen LogP contribution in [-0.4, -0.2) is 39.6 Å². The number of carbonyl (C=O) groups is 1. The summed E-state index contributed by atoms with van der Waals surface area (Å²) in [7, 11) is 1.94. The van der Waals surface area contributed by atoms with Gasteiger partial charge in [-0.25, -0.2) is 9.97 Å². The largest absolute Gasteiger partial charge is 0.342 e. The molecule has 1 heterocycles. The van der Waals surface area contributed by atoms with E-state index in [1.807, 2.05) is 31.9 Å². The zero-order valence-corrected chi connectivity index (χ0v) is 14.2. The van der Waals surface area contributed by atoms with Gasteiger partial charge in [0.25, 0.3) is 0 Å². The lowest BCUT2D eigenvalue weighted by Crippen LogP contribution is -2.40. The monoisotopic (exact) mass is 307 g/mol. The van der Waals surface area contributed by atoms with Gasteiger partial charge in [-0.1, -0.05) is 18.7 Å². The summed E-state index contributed by atoms with van der Waals surface area (Å²) in [6.07, 6.45) is 4.73. The van der Waals surface area contributed by atoms with E-state index >= 15 is 0 Å². The van der Waals surface area contributed by atoms with Crippen LogP contribution in [0.25, 0.3) is 0 Å². The van der Waals surface area contributed by atoms with Crippen LogP contribution in [0.4, 0.5) is 0 Å². The molecule has 1 aromatic rings. The molecule has 1 aromatic heterocycles. The van der Waals surface area contributed by atoms with E-state index in [1.54, 1.807) is 0 Å². The fraction of sp³-hybridized carbons (Fsp3) is 0.688. The first-order valence-electron chi connectivity index (χ1n) is 7.66. The Labute approximate surface area is 131 Å². The Morgan fingerprint density at radius 2 is 1.81 bits per heavy atom. The van der Waals surface area contributed by atoms with Crippen LogP contribution in [0.2, 0.25) is 0 Å². The average Bonchev–Trinajstić information content (AvgIpc) is 2.44. The second kappa shape index (κ2) is 7.25. The van der Waals surface area contributed by atoms with Crippen molar-refractivity contribution in [1.29, 1.82) is 0 Å². The van der Waals surface area contributed by atoms with Gasteiger partial charge in [0.2, 0.25) is 5.91 Å². The third kappa shape index (κ3) is 4.70. The van der Waals surface area contributed by atoms with Crippen molar-refractivity contribution in [3.8, 4) is 0 Å². The van der Waals surface area contributed by atoms with Crippen molar-refractivity contribution in [2.24, 2.45) is 5.92 Å². The number of thioether (sulfide) groups is 1. The van der Waals surface area contributed by atoms with E-state index in [0.717, 1.165) is 30.1 Å². The fourth-order valence-electron chi connectivity index (χ4n) is 2.82. The van der Waals surface area contributed by atoms with Crippen LogP contribution >= 0.6 is 11.8 Å². The highest BCUT2D eigenvalue weighted by Crippen LogP contribution is 2.27. The van der Waals surface area contributed by atoms with E-state index in [2.05, 4.69) is 16.9 Å². The van der Waals surface area contributed by atoms with Gasteiger partial charge in [0.1, 0.15) is 0 Å². The summed E-state index contributed by atoms with van der Waals surface area (Å²) in [6.45, 7) is 6.21. The molecule has 21 heavy (non-hydrogen) atoms. The summed E-state index contributed by atoms with van der Waals surface area (Å²) in [5.74, 6) is 1.41. The summed E-state index contributed by atoms with van der Waals surface area (Å²) in [4.78, 5) is 23.0. The number of nitrogens with zero attached hydrogens (tertiary/aromatic N) is 3. The zero-order valence-electron chi connectivity index (χ0n) is 13.4. The first kappa shape index (κ1) is 16.3. The smallest absolute Gasteiger partial charge is 0.233 e. The first-order valence-corrected chi connectivity index (χ1v) is 8.65. The topological polar surface area (TPSA) is 46.1 Å². The lowest BCUT2D eigenvalue weighted by atomic mass is 9.87. The molecule has 1 aliphatic rings. The number of carbonyl (C=O) groups excluding carboxylic acids is 1. The number of aromatic nitrogens is 2. The summed E-state index contributed by atoms with van der Waals surface area (Å²) in [6, 6.07) is 2.36. The Morgan fingerprint density at radius 3 is 2.38 bits per heavy atom. The summed E-state index contributed by atoms with van der Waals surface area (Å²) in [5, 5.41) is 0.700. The summed E-state index contributed by atoms with van der Waals surface area (Å²) in [5.41, 5.74) is 1.90. The molecule has 1 saturated carbocycles. The quantitative estimate of drug-likeness (QED) is 0.633. The predicted octanol–water partition coefficient (Wildman–Crippen LogP) is 3.22. The first-order chi connectivity index (χ1) is 9.95. The van der Waals surface area contributed by atoms with Crippen LogP contribution in [0.15, 0.2) is 11.2 Å². The molecular formula is C16H25N3OS. The minimum Gasteiger partial charge on any atom is -0.342 e. The minimum absolute atomic E-state index is 0.183. The lowest BCUT2D eigenvalue weighted by molar-refractivity contribution is -0.129. The van der Waals surface area contributed by atoms with Crippen molar-refractivity contribution < 1.29 is 4.79 Å². The molecule has 0 N–H and O–H groups in total. The molecule has 4 nitrogen and oxygen atoms in total. The van der Waals surface area contributed by atoms with Gasteiger partial charge in [-0.2, -0.15) is 0 Å².